The van der Waals surface area contributed by atoms with Gasteiger partial charge in [0.2, 0.25) is 0 Å². The van der Waals surface area contributed by atoms with Crippen molar-refractivity contribution in [3.05, 3.63) is 57.3 Å². The van der Waals surface area contributed by atoms with Gasteiger partial charge in [-0.05, 0) is 36.4 Å². The van der Waals surface area contributed by atoms with Crippen LogP contribution in [-0.2, 0) is 6.42 Å². The molecule has 0 aliphatic rings. The van der Waals surface area contributed by atoms with E-state index in [4.69, 9.17) is 0 Å². The molecule has 1 aromatic carbocycles. The molecule has 1 atom stereocenters. The third kappa shape index (κ3) is 2.52. The predicted molar refractivity (Wildman–Crippen MR) is 68.9 cm³/mol. The largest absolute Gasteiger partial charge is 0.388 e. The fourth-order valence-corrected chi connectivity index (χ4v) is 2.67. The molecule has 0 saturated carbocycles. The van der Waals surface area contributed by atoms with E-state index in [0.29, 0.717) is 6.42 Å². The first-order valence-corrected chi connectivity index (χ1v) is 6.32. The summed E-state index contributed by atoms with van der Waals surface area (Å²) in [5, 5.41) is 12.2. The van der Waals surface area contributed by atoms with Gasteiger partial charge >= 0.3 is 0 Å². The molecule has 1 N–H and O–H groups in total. The van der Waals surface area contributed by atoms with E-state index >= 15 is 0 Å². The van der Waals surface area contributed by atoms with Gasteiger partial charge in [-0.2, -0.15) is 0 Å². The molecule has 1 unspecified atom stereocenters. The first kappa shape index (κ1) is 11.4. The van der Waals surface area contributed by atoms with Crippen molar-refractivity contribution in [2.75, 3.05) is 0 Å². The van der Waals surface area contributed by atoms with Crippen LogP contribution >= 0.6 is 11.3 Å². The maximum Gasteiger partial charge on any atom is 0.0840 e. The van der Waals surface area contributed by atoms with E-state index in [-0.39, 0.29) is 6.10 Å². The number of hydrogen-bond acceptors (Lipinski definition) is 2. The Kier molecular flexibility index (Phi) is 3.42. The number of aliphatic hydroxyl groups excluding tert-OH is 1. The molecule has 1 aromatic heterocycles. The van der Waals surface area contributed by atoms with E-state index in [0.717, 1.165) is 5.56 Å². The van der Waals surface area contributed by atoms with Crippen molar-refractivity contribution < 1.29 is 5.11 Å². The van der Waals surface area contributed by atoms with Gasteiger partial charge < -0.3 is 5.11 Å². The standard InChI is InChI=1S/C14H16OS/c1-10-5-6-13(11(2)8-10)14(15)9-12-4-3-7-16-12/h3-8,14-15H,9H2,1-2H3. The highest BCUT2D eigenvalue weighted by Crippen LogP contribution is 2.24. The van der Waals surface area contributed by atoms with Crippen LogP contribution in [0.25, 0.3) is 0 Å². The summed E-state index contributed by atoms with van der Waals surface area (Å²) in [5.74, 6) is 0. The average Bonchev–Trinajstić information content (AvgIpc) is 2.70. The third-order valence-corrected chi connectivity index (χ3v) is 3.66. The zero-order valence-electron chi connectivity index (χ0n) is 9.60. The summed E-state index contributed by atoms with van der Waals surface area (Å²) in [4.78, 5) is 1.23. The smallest absolute Gasteiger partial charge is 0.0840 e. The van der Waals surface area contributed by atoms with Crippen molar-refractivity contribution in [3.8, 4) is 0 Å². The Morgan fingerprint density at radius 2 is 2.06 bits per heavy atom. The predicted octanol–water partition coefficient (Wildman–Crippen LogP) is 3.64. The molecule has 2 rings (SSSR count). The van der Waals surface area contributed by atoms with Crippen molar-refractivity contribution in [1.29, 1.82) is 0 Å². The minimum absolute atomic E-state index is 0.390. The molecular weight excluding hydrogens is 216 g/mol. The molecule has 0 amide bonds. The Hall–Kier alpha value is -1.12. The molecule has 1 nitrogen and oxygen atoms in total. The monoisotopic (exact) mass is 232 g/mol. The number of thiophene rings is 1. The van der Waals surface area contributed by atoms with Crippen molar-refractivity contribution in [3.63, 3.8) is 0 Å². The van der Waals surface area contributed by atoms with Crippen LogP contribution in [0.5, 0.6) is 0 Å². The maximum absolute atomic E-state index is 10.2. The van der Waals surface area contributed by atoms with Gasteiger partial charge in [-0.25, -0.2) is 0 Å². The van der Waals surface area contributed by atoms with Crippen LogP contribution in [0.3, 0.4) is 0 Å². The summed E-state index contributed by atoms with van der Waals surface area (Å²) in [6, 6.07) is 10.3. The quantitative estimate of drug-likeness (QED) is 0.856. The lowest BCUT2D eigenvalue weighted by Crippen LogP contribution is -2.02. The Balaban J connectivity index is 2.17. The molecule has 0 aliphatic heterocycles. The van der Waals surface area contributed by atoms with E-state index in [1.54, 1.807) is 11.3 Å². The molecule has 0 fully saturated rings. The second-order valence-corrected chi connectivity index (χ2v) is 5.19. The fraction of sp³-hybridized carbons (Fsp3) is 0.286. The third-order valence-electron chi connectivity index (χ3n) is 2.76. The summed E-state index contributed by atoms with van der Waals surface area (Å²) in [5.41, 5.74) is 3.45. The van der Waals surface area contributed by atoms with Crippen LogP contribution in [0.15, 0.2) is 35.7 Å². The highest BCUT2D eigenvalue weighted by atomic mass is 32.1. The molecule has 2 heteroatoms. The van der Waals surface area contributed by atoms with Gasteiger partial charge in [0.05, 0.1) is 6.10 Å². The second kappa shape index (κ2) is 4.81. The molecule has 0 spiro atoms. The molecular formula is C14H16OS. The van der Waals surface area contributed by atoms with E-state index < -0.39 is 0 Å². The van der Waals surface area contributed by atoms with Crippen LogP contribution in [0.2, 0.25) is 0 Å². The van der Waals surface area contributed by atoms with Crippen LogP contribution < -0.4 is 0 Å². The van der Waals surface area contributed by atoms with Crippen LogP contribution in [-0.4, -0.2) is 5.11 Å². The molecule has 0 bridgehead atoms. The Morgan fingerprint density at radius 1 is 1.25 bits per heavy atom. The summed E-state index contributed by atoms with van der Waals surface area (Å²) < 4.78 is 0. The Labute approximate surface area is 100 Å². The summed E-state index contributed by atoms with van der Waals surface area (Å²) in [6.45, 7) is 4.13. The van der Waals surface area contributed by atoms with Crippen molar-refractivity contribution in [2.24, 2.45) is 0 Å². The van der Waals surface area contributed by atoms with Gasteiger partial charge in [0.1, 0.15) is 0 Å². The number of aryl methyl sites for hydroxylation is 2. The maximum atomic E-state index is 10.2. The number of hydrogen-bond donors (Lipinski definition) is 1. The lowest BCUT2D eigenvalue weighted by atomic mass is 9.99. The summed E-state index contributed by atoms with van der Waals surface area (Å²) in [6.07, 6.45) is 0.320. The Bertz CT molecular complexity index is 460. The van der Waals surface area contributed by atoms with Crippen LogP contribution in [0, 0.1) is 13.8 Å². The van der Waals surface area contributed by atoms with E-state index in [1.807, 2.05) is 17.5 Å². The van der Waals surface area contributed by atoms with Gasteiger partial charge in [-0.3, -0.25) is 0 Å². The Morgan fingerprint density at radius 3 is 2.69 bits per heavy atom. The molecule has 84 valence electrons. The summed E-state index contributed by atoms with van der Waals surface area (Å²) in [7, 11) is 0. The first-order valence-electron chi connectivity index (χ1n) is 5.44. The molecule has 0 radical (unpaired) electrons. The second-order valence-electron chi connectivity index (χ2n) is 4.16. The lowest BCUT2D eigenvalue weighted by Gasteiger charge is -2.13. The number of benzene rings is 1. The SMILES string of the molecule is Cc1ccc(C(O)Cc2cccs2)c(C)c1. The number of rotatable bonds is 3. The van der Waals surface area contributed by atoms with E-state index in [9.17, 15) is 5.11 Å². The van der Waals surface area contributed by atoms with Crippen molar-refractivity contribution in [2.45, 2.75) is 26.4 Å². The van der Waals surface area contributed by atoms with Gasteiger partial charge in [0, 0.05) is 11.3 Å². The zero-order chi connectivity index (χ0) is 11.5. The van der Waals surface area contributed by atoms with Crippen molar-refractivity contribution in [1.82, 2.24) is 0 Å². The van der Waals surface area contributed by atoms with Gasteiger partial charge in [-0.1, -0.05) is 29.8 Å². The average molecular weight is 232 g/mol. The zero-order valence-corrected chi connectivity index (χ0v) is 10.4. The van der Waals surface area contributed by atoms with E-state index in [1.165, 1.54) is 16.0 Å². The van der Waals surface area contributed by atoms with Gasteiger partial charge in [0.25, 0.3) is 0 Å². The van der Waals surface area contributed by atoms with Crippen LogP contribution in [0.4, 0.5) is 0 Å². The fourth-order valence-electron chi connectivity index (χ4n) is 1.93. The highest BCUT2D eigenvalue weighted by molar-refractivity contribution is 7.09. The highest BCUT2D eigenvalue weighted by Gasteiger charge is 2.11. The molecule has 2 aromatic rings. The molecule has 1 heterocycles. The topological polar surface area (TPSA) is 20.2 Å². The normalized spacial score (nSPS) is 12.7. The number of aliphatic hydroxyl groups is 1. The first-order chi connectivity index (χ1) is 7.66. The molecule has 0 aliphatic carbocycles. The molecule has 16 heavy (non-hydrogen) atoms. The van der Waals surface area contributed by atoms with Gasteiger partial charge in [0.15, 0.2) is 0 Å². The molecule has 0 saturated heterocycles. The van der Waals surface area contributed by atoms with Crippen molar-refractivity contribution >= 4 is 11.3 Å². The summed E-state index contributed by atoms with van der Waals surface area (Å²) >= 11 is 1.69. The minimum Gasteiger partial charge on any atom is -0.388 e. The lowest BCUT2D eigenvalue weighted by molar-refractivity contribution is 0.178. The van der Waals surface area contributed by atoms with E-state index in [2.05, 4.69) is 32.0 Å². The minimum atomic E-state index is -0.390. The van der Waals surface area contributed by atoms with Crippen LogP contribution in [0.1, 0.15) is 27.7 Å². The van der Waals surface area contributed by atoms with Gasteiger partial charge in [-0.15, -0.1) is 11.3 Å².